The van der Waals surface area contributed by atoms with E-state index in [1.54, 1.807) is 0 Å². The molecule has 0 aromatic rings. The molecule has 0 radical (unpaired) electrons. The molecule has 0 heterocycles. The molecule has 0 bridgehead atoms. The number of hydrogen-bond donors (Lipinski definition) is 1. The van der Waals surface area contributed by atoms with Crippen molar-refractivity contribution < 1.29 is 24.2 Å². The Labute approximate surface area is 451 Å². The van der Waals surface area contributed by atoms with Crippen LogP contribution < -0.4 is 0 Å². The third-order valence-electron chi connectivity index (χ3n) is 15.2. The van der Waals surface area contributed by atoms with Gasteiger partial charge in [-0.15, -0.1) is 0 Å². The number of allylic oxidation sites excluding steroid dienone is 4. The van der Waals surface area contributed by atoms with Crippen LogP contribution in [-0.4, -0.2) is 36.4 Å². The smallest absolute Gasteiger partial charge is 0.306 e. The van der Waals surface area contributed by atoms with E-state index in [-0.39, 0.29) is 25.2 Å². The first-order valence-electron chi connectivity index (χ1n) is 32.9. The molecular formula is C67H128O5. The lowest BCUT2D eigenvalue weighted by molar-refractivity contribution is -0.161. The van der Waals surface area contributed by atoms with Gasteiger partial charge in [0.2, 0.25) is 0 Å². The molecular weight excluding hydrogens is 885 g/mol. The average Bonchev–Trinajstić information content (AvgIpc) is 3.38. The average molecular weight is 1010 g/mol. The molecule has 1 unspecified atom stereocenters. The zero-order valence-corrected chi connectivity index (χ0v) is 49.0. The van der Waals surface area contributed by atoms with Crippen molar-refractivity contribution in [3.63, 3.8) is 0 Å². The third kappa shape index (κ3) is 60.9. The first kappa shape index (κ1) is 70.4. The Bertz CT molecular complexity index is 1100. The number of rotatable bonds is 62. The quantitative estimate of drug-likeness (QED) is 0.0373. The Balaban J connectivity index is 3.33. The van der Waals surface area contributed by atoms with Crippen molar-refractivity contribution in [2.75, 3.05) is 13.2 Å². The highest BCUT2D eigenvalue weighted by Crippen LogP contribution is 2.19. The maximum atomic E-state index is 12.3. The maximum Gasteiger partial charge on any atom is 0.306 e. The zero-order valence-electron chi connectivity index (χ0n) is 49.0. The number of carbonyl (C=O) groups excluding carboxylic acids is 2. The van der Waals surface area contributed by atoms with Gasteiger partial charge in [0.1, 0.15) is 6.61 Å². The van der Waals surface area contributed by atoms with Crippen LogP contribution in [0, 0.1) is 0 Å². The predicted molar refractivity (Wildman–Crippen MR) is 316 cm³/mol. The lowest BCUT2D eigenvalue weighted by Gasteiger charge is -2.15. The molecule has 1 N–H and O–H groups in total. The van der Waals surface area contributed by atoms with Crippen molar-refractivity contribution in [2.45, 2.75) is 380 Å². The summed E-state index contributed by atoms with van der Waals surface area (Å²) in [6, 6.07) is 0. The molecule has 0 fully saturated rings. The van der Waals surface area contributed by atoms with Gasteiger partial charge >= 0.3 is 11.9 Å². The highest BCUT2D eigenvalue weighted by molar-refractivity contribution is 5.70. The summed E-state index contributed by atoms with van der Waals surface area (Å²) in [6.45, 7) is 4.16. The van der Waals surface area contributed by atoms with Crippen LogP contribution in [0.4, 0.5) is 0 Å². The van der Waals surface area contributed by atoms with Crippen LogP contribution in [0.1, 0.15) is 373 Å². The number of ether oxygens (including phenoxy) is 2. The van der Waals surface area contributed by atoms with Crippen molar-refractivity contribution in [1.29, 1.82) is 0 Å². The van der Waals surface area contributed by atoms with E-state index < -0.39 is 6.10 Å². The molecule has 0 aliphatic heterocycles. The Morgan fingerprint density at radius 1 is 0.319 bits per heavy atom. The molecule has 0 aliphatic carbocycles. The Morgan fingerprint density at radius 3 is 0.847 bits per heavy atom. The first-order valence-corrected chi connectivity index (χ1v) is 32.9. The molecule has 72 heavy (non-hydrogen) atoms. The van der Waals surface area contributed by atoms with Crippen molar-refractivity contribution in [3.05, 3.63) is 24.3 Å². The normalized spacial score (nSPS) is 12.2. The van der Waals surface area contributed by atoms with Gasteiger partial charge in [0.25, 0.3) is 0 Å². The number of aliphatic hydroxyl groups excluding tert-OH is 1. The molecule has 1 atom stereocenters. The topological polar surface area (TPSA) is 72.8 Å². The number of aliphatic hydroxyl groups is 1. The monoisotopic (exact) mass is 1010 g/mol. The summed E-state index contributed by atoms with van der Waals surface area (Å²) in [5, 5.41) is 9.65. The highest BCUT2D eigenvalue weighted by Gasteiger charge is 2.16. The van der Waals surface area contributed by atoms with Crippen molar-refractivity contribution in [3.8, 4) is 0 Å². The number of unbranched alkanes of at least 4 members (excludes halogenated alkanes) is 50. The maximum absolute atomic E-state index is 12.3. The van der Waals surface area contributed by atoms with Crippen LogP contribution >= 0.6 is 0 Å². The Hall–Kier alpha value is -1.62. The SMILES string of the molecule is CCCCC/C=C\C/C=C\CCCCCCCCCC(=O)OC(CO)COC(=O)CCCCCCCCCCCCCCCCCCCCCCCCCCCCCCCCCCCCCCCCCCC. The van der Waals surface area contributed by atoms with E-state index in [0.29, 0.717) is 12.8 Å². The van der Waals surface area contributed by atoms with E-state index in [2.05, 4.69) is 38.2 Å². The largest absolute Gasteiger partial charge is 0.462 e. The second-order valence-electron chi connectivity index (χ2n) is 22.6. The second kappa shape index (κ2) is 63.7. The molecule has 5 heteroatoms. The summed E-state index contributed by atoms with van der Waals surface area (Å²) in [5.41, 5.74) is 0. The minimum atomic E-state index is -0.773. The van der Waals surface area contributed by atoms with Crippen LogP contribution in [0.3, 0.4) is 0 Å². The summed E-state index contributed by atoms with van der Waals surface area (Å²) >= 11 is 0. The van der Waals surface area contributed by atoms with E-state index in [4.69, 9.17) is 9.47 Å². The van der Waals surface area contributed by atoms with E-state index >= 15 is 0 Å². The molecule has 0 spiro atoms. The molecule has 0 aliphatic rings. The zero-order chi connectivity index (χ0) is 52.0. The van der Waals surface area contributed by atoms with Gasteiger partial charge in [-0.05, 0) is 44.9 Å². The van der Waals surface area contributed by atoms with E-state index in [1.165, 1.54) is 302 Å². The van der Waals surface area contributed by atoms with Gasteiger partial charge in [0.05, 0.1) is 6.61 Å². The van der Waals surface area contributed by atoms with Crippen LogP contribution in [0.15, 0.2) is 24.3 Å². The molecule has 5 nitrogen and oxygen atoms in total. The number of carbonyl (C=O) groups is 2. The lowest BCUT2D eigenvalue weighted by atomic mass is 10.0. The van der Waals surface area contributed by atoms with E-state index in [9.17, 15) is 14.7 Å². The summed E-state index contributed by atoms with van der Waals surface area (Å²) in [4.78, 5) is 24.5. The lowest BCUT2D eigenvalue weighted by Crippen LogP contribution is -2.28. The van der Waals surface area contributed by atoms with Crippen molar-refractivity contribution in [2.24, 2.45) is 0 Å². The molecule has 426 valence electrons. The van der Waals surface area contributed by atoms with Gasteiger partial charge in [0.15, 0.2) is 6.10 Å². The molecule has 0 saturated heterocycles. The van der Waals surface area contributed by atoms with E-state index in [1.807, 2.05) is 0 Å². The van der Waals surface area contributed by atoms with Crippen LogP contribution in [0.5, 0.6) is 0 Å². The van der Waals surface area contributed by atoms with Gasteiger partial charge in [0, 0.05) is 12.8 Å². The number of hydrogen-bond acceptors (Lipinski definition) is 5. The summed E-state index contributed by atoms with van der Waals surface area (Å²) in [5.74, 6) is -0.581. The molecule has 0 saturated carbocycles. The summed E-state index contributed by atoms with van der Waals surface area (Å²) < 4.78 is 10.7. The molecule has 0 rings (SSSR count). The summed E-state index contributed by atoms with van der Waals surface area (Å²) in [6.07, 6.45) is 82.2. The fraction of sp³-hybridized carbons (Fsp3) is 0.910. The van der Waals surface area contributed by atoms with Crippen molar-refractivity contribution in [1.82, 2.24) is 0 Å². The Kier molecular flexibility index (Phi) is 62.2. The number of esters is 2. The summed E-state index contributed by atoms with van der Waals surface area (Å²) in [7, 11) is 0. The van der Waals surface area contributed by atoms with Gasteiger partial charge in [-0.1, -0.05) is 340 Å². The van der Waals surface area contributed by atoms with Crippen LogP contribution in [-0.2, 0) is 19.1 Å². The fourth-order valence-electron chi connectivity index (χ4n) is 10.3. The fourth-order valence-corrected chi connectivity index (χ4v) is 10.3. The molecule has 0 aromatic heterocycles. The van der Waals surface area contributed by atoms with Gasteiger partial charge < -0.3 is 14.6 Å². The standard InChI is InChI=1S/C67H128O5/c1-3-5-7-9-11-13-15-17-19-21-22-23-24-25-26-27-28-29-30-31-32-33-34-35-36-37-38-39-40-41-42-43-44-46-47-49-51-53-55-57-59-61-66(69)71-64-65(63-68)72-67(70)62-60-58-56-54-52-50-48-45-20-18-16-14-12-10-8-6-4-2/h12,14,18,20,65,68H,3-11,13,15-17,19,21-64H2,1-2H3/b14-12-,20-18-. The van der Waals surface area contributed by atoms with Crippen LogP contribution in [0.2, 0.25) is 0 Å². The minimum Gasteiger partial charge on any atom is -0.462 e. The predicted octanol–water partition coefficient (Wildman–Crippen LogP) is 22.4. The van der Waals surface area contributed by atoms with Gasteiger partial charge in [-0.25, -0.2) is 0 Å². The first-order chi connectivity index (χ1) is 35.6. The second-order valence-corrected chi connectivity index (χ2v) is 22.6. The Morgan fingerprint density at radius 2 is 0.556 bits per heavy atom. The molecule has 0 amide bonds. The minimum absolute atomic E-state index is 0.0637. The molecule has 0 aromatic carbocycles. The third-order valence-corrected chi connectivity index (χ3v) is 15.2. The van der Waals surface area contributed by atoms with Crippen molar-refractivity contribution >= 4 is 11.9 Å². The van der Waals surface area contributed by atoms with Gasteiger partial charge in [-0.3, -0.25) is 9.59 Å². The van der Waals surface area contributed by atoms with Crippen LogP contribution in [0.25, 0.3) is 0 Å². The highest BCUT2D eigenvalue weighted by atomic mass is 16.6. The van der Waals surface area contributed by atoms with Gasteiger partial charge in [-0.2, -0.15) is 0 Å². The van der Waals surface area contributed by atoms with E-state index in [0.717, 1.165) is 44.9 Å².